The number of carbonyl (C=O) groups excluding carboxylic acids is 2. The molecule has 1 unspecified atom stereocenters. The third kappa shape index (κ3) is 6.33. The van der Waals surface area contributed by atoms with Crippen LogP contribution in [0.15, 0.2) is 65.1 Å². The van der Waals surface area contributed by atoms with Gasteiger partial charge >= 0.3 is 6.18 Å². The molecule has 5 rings (SSSR count). The van der Waals surface area contributed by atoms with Gasteiger partial charge < -0.3 is 9.32 Å². The second-order valence-corrected chi connectivity index (χ2v) is 13.0. The van der Waals surface area contributed by atoms with Crippen molar-refractivity contribution in [2.45, 2.75) is 45.3 Å². The first kappa shape index (κ1) is 32.2. The van der Waals surface area contributed by atoms with E-state index in [1.807, 2.05) is 19.1 Å². The van der Waals surface area contributed by atoms with Crippen LogP contribution in [0, 0.1) is 6.92 Å². The third-order valence-electron chi connectivity index (χ3n) is 7.99. The molecule has 1 saturated heterocycles. The maximum atomic E-state index is 13.7. The summed E-state index contributed by atoms with van der Waals surface area (Å²) >= 11 is 0. The monoisotopic (exact) mass is 644 g/mol. The lowest BCUT2D eigenvalue weighted by Gasteiger charge is -2.27. The molecule has 2 heterocycles. The van der Waals surface area contributed by atoms with Crippen molar-refractivity contribution in [2.24, 2.45) is 0 Å². The van der Waals surface area contributed by atoms with E-state index >= 15 is 0 Å². The summed E-state index contributed by atoms with van der Waals surface area (Å²) < 4.78 is 87.6. The summed E-state index contributed by atoms with van der Waals surface area (Å²) in [5.74, 6) is -0.759. The summed E-state index contributed by atoms with van der Waals surface area (Å²) in [4.78, 5) is 27.5. The van der Waals surface area contributed by atoms with Crippen LogP contribution in [0.4, 0.5) is 23.2 Å². The van der Waals surface area contributed by atoms with Crippen LogP contribution < -0.4 is 4.31 Å². The summed E-state index contributed by atoms with van der Waals surface area (Å²) in [6, 6.07) is 14.2. The average molecular weight is 645 g/mol. The zero-order valence-corrected chi connectivity index (χ0v) is 25.8. The number of amides is 1. The number of furan rings is 1. The first-order chi connectivity index (χ1) is 21.2. The van der Waals surface area contributed by atoms with Crippen LogP contribution in [-0.4, -0.2) is 63.2 Å². The molecule has 4 aromatic rings. The van der Waals surface area contributed by atoms with Crippen LogP contribution in [0.3, 0.4) is 0 Å². The lowest BCUT2D eigenvalue weighted by atomic mass is 9.95. The predicted molar refractivity (Wildman–Crippen MR) is 165 cm³/mol. The topological polar surface area (TPSA) is 87.9 Å². The number of nitrogens with zero attached hydrogens (tertiary/aromatic N) is 2. The molecular formula is C33H32F4N2O5S. The summed E-state index contributed by atoms with van der Waals surface area (Å²) in [6.45, 7) is 2.02. The molecule has 0 N–H and O–H groups in total. The average Bonchev–Trinajstić information content (AvgIpc) is 3.64. The zero-order valence-electron chi connectivity index (χ0n) is 24.9. The Bertz CT molecular complexity index is 1870. The highest BCUT2D eigenvalue weighted by molar-refractivity contribution is 7.92. The fourth-order valence-corrected chi connectivity index (χ4v) is 6.72. The fourth-order valence-electron chi connectivity index (χ4n) is 5.81. The number of carbonyl (C=O) groups is 2. The quantitative estimate of drug-likeness (QED) is 0.139. The highest BCUT2D eigenvalue weighted by Gasteiger charge is 2.47. The van der Waals surface area contributed by atoms with Crippen molar-refractivity contribution in [1.82, 2.24) is 4.90 Å². The molecule has 7 nitrogen and oxygen atoms in total. The third-order valence-corrected chi connectivity index (χ3v) is 9.17. The Hall–Kier alpha value is -4.19. The zero-order chi connectivity index (χ0) is 32.7. The van der Waals surface area contributed by atoms with E-state index in [0.717, 1.165) is 21.0 Å². The molecule has 238 valence electrons. The lowest BCUT2D eigenvalue weighted by molar-refractivity contribution is -0.169. The molecule has 1 atom stereocenters. The van der Waals surface area contributed by atoms with E-state index in [-0.39, 0.29) is 65.3 Å². The highest BCUT2D eigenvalue weighted by Crippen LogP contribution is 2.42. The first-order valence-corrected chi connectivity index (χ1v) is 16.3. The van der Waals surface area contributed by atoms with Crippen molar-refractivity contribution in [3.05, 3.63) is 77.4 Å². The van der Waals surface area contributed by atoms with Crippen LogP contribution in [0.25, 0.3) is 33.4 Å². The van der Waals surface area contributed by atoms with Crippen molar-refractivity contribution < 1.29 is 40.0 Å². The molecule has 1 fully saturated rings. The molecule has 1 amide bonds. The van der Waals surface area contributed by atoms with Crippen LogP contribution in [0.1, 0.15) is 52.5 Å². The van der Waals surface area contributed by atoms with Crippen molar-refractivity contribution >= 4 is 38.4 Å². The number of hydrogen-bond donors (Lipinski definition) is 0. The van der Waals surface area contributed by atoms with Gasteiger partial charge in [-0.05, 0) is 43.5 Å². The standard InChI is InChI=1S/C33H32F4N2O5S/c1-4-27(40)30-25-18-24(22-7-5-8-23(17-22)32(41)38-15-6-9-29(38)33(35,36)37)26(39(16-14-34)45(3,42)43)19-28(25)44-31(30)21-12-10-20(2)11-13-21/h5,7-8,10-13,17-19,29H,4,6,9,14-16H2,1-3H3. The molecule has 45 heavy (non-hydrogen) atoms. The number of sulfonamides is 1. The number of hydrogen-bond acceptors (Lipinski definition) is 5. The minimum Gasteiger partial charge on any atom is -0.455 e. The second-order valence-electron chi connectivity index (χ2n) is 11.1. The van der Waals surface area contributed by atoms with E-state index in [2.05, 4.69) is 0 Å². The van der Waals surface area contributed by atoms with Gasteiger partial charge in [-0.1, -0.05) is 48.9 Å². The second kappa shape index (κ2) is 12.3. The van der Waals surface area contributed by atoms with Gasteiger partial charge in [0.05, 0.1) is 24.1 Å². The van der Waals surface area contributed by atoms with Crippen LogP contribution >= 0.6 is 0 Å². The minimum absolute atomic E-state index is 0.0245. The van der Waals surface area contributed by atoms with E-state index in [0.29, 0.717) is 16.5 Å². The molecule has 0 radical (unpaired) electrons. The molecule has 12 heteroatoms. The number of alkyl halides is 4. The first-order valence-electron chi connectivity index (χ1n) is 14.5. The number of anilines is 1. The minimum atomic E-state index is -4.58. The van der Waals surface area contributed by atoms with Crippen molar-refractivity contribution in [2.75, 3.05) is 30.3 Å². The van der Waals surface area contributed by atoms with Crippen LogP contribution in [-0.2, 0) is 10.0 Å². The Labute approximate surface area is 258 Å². The Morgan fingerprint density at radius 3 is 2.38 bits per heavy atom. The van der Waals surface area contributed by atoms with E-state index in [4.69, 9.17) is 4.42 Å². The van der Waals surface area contributed by atoms with Gasteiger partial charge in [0.15, 0.2) is 5.78 Å². The lowest BCUT2D eigenvalue weighted by Crippen LogP contribution is -2.44. The molecule has 0 aliphatic carbocycles. The normalized spacial score (nSPS) is 15.5. The van der Waals surface area contributed by atoms with E-state index < -0.39 is 41.4 Å². The fraction of sp³-hybridized carbons (Fsp3) is 0.333. The molecule has 1 aliphatic rings. The Balaban J connectivity index is 1.75. The molecule has 3 aromatic carbocycles. The van der Waals surface area contributed by atoms with E-state index in [9.17, 15) is 35.6 Å². The maximum absolute atomic E-state index is 13.7. The maximum Gasteiger partial charge on any atom is 0.408 e. The van der Waals surface area contributed by atoms with Gasteiger partial charge in [0.25, 0.3) is 5.91 Å². The highest BCUT2D eigenvalue weighted by atomic mass is 32.2. The largest absolute Gasteiger partial charge is 0.455 e. The molecule has 1 aliphatic heterocycles. The summed E-state index contributed by atoms with van der Waals surface area (Å²) in [7, 11) is -4.04. The van der Waals surface area contributed by atoms with Crippen molar-refractivity contribution in [3.8, 4) is 22.5 Å². The number of rotatable bonds is 9. The van der Waals surface area contributed by atoms with Gasteiger partial charge in [0, 0.05) is 41.1 Å². The SMILES string of the molecule is CCC(=O)c1c(-c2ccc(C)cc2)oc2cc(N(CCF)S(C)(=O)=O)c(-c3cccc(C(=O)N4CCCC4C(F)(F)F)c3)cc12. The number of halogens is 4. The molecule has 0 saturated carbocycles. The number of fused-ring (bicyclic) bond motifs is 1. The molecule has 1 aromatic heterocycles. The van der Waals surface area contributed by atoms with Gasteiger partial charge in [0.1, 0.15) is 24.1 Å². The number of benzene rings is 3. The number of Topliss-reactive ketones (excluding diaryl/α,β-unsaturated/α-hetero) is 1. The van der Waals surface area contributed by atoms with E-state index in [1.54, 1.807) is 31.2 Å². The van der Waals surface area contributed by atoms with Crippen molar-refractivity contribution in [3.63, 3.8) is 0 Å². The molecule has 0 bridgehead atoms. The molecular weight excluding hydrogens is 612 g/mol. The van der Waals surface area contributed by atoms with Crippen LogP contribution in [0.5, 0.6) is 0 Å². The van der Waals surface area contributed by atoms with Gasteiger partial charge in [-0.15, -0.1) is 0 Å². The Morgan fingerprint density at radius 2 is 1.76 bits per heavy atom. The summed E-state index contributed by atoms with van der Waals surface area (Å²) in [6.07, 6.45) is -3.50. The predicted octanol–water partition coefficient (Wildman–Crippen LogP) is 7.57. The van der Waals surface area contributed by atoms with Crippen LogP contribution in [0.2, 0.25) is 0 Å². The smallest absolute Gasteiger partial charge is 0.408 e. The number of likely N-dealkylation sites (tertiary alicyclic amines) is 1. The number of aryl methyl sites for hydroxylation is 1. The summed E-state index contributed by atoms with van der Waals surface area (Å²) in [5.41, 5.74) is 2.60. The van der Waals surface area contributed by atoms with E-state index in [1.165, 1.54) is 24.3 Å². The van der Waals surface area contributed by atoms with Gasteiger partial charge in [-0.25, -0.2) is 12.8 Å². The Kier molecular flexibility index (Phi) is 8.81. The van der Waals surface area contributed by atoms with Gasteiger partial charge in [-0.3, -0.25) is 13.9 Å². The van der Waals surface area contributed by atoms with Gasteiger partial charge in [-0.2, -0.15) is 13.2 Å². The summed E-state index contributed by atoms with van der Waals surface area (Å²) in [5, 5.41) is 0.373. The van der Waals surface area contributed by atoms with Gasteiger partial charge in [0.2, 0.25) is 10.0 Å². The molecule has 0 spiro atoms. The Morgan fingerprint density at radius 1 is 1.04 bits per heavy atom. The van der Waals surface area contributed by atoms with Crippen molar-refractivity contribution in [1.29, 1.82) is 0 Å². The number of ketones is 1.